The third kappa shape index (κ3) is 4.55. The topological polar surface area (TPSA) is 101 Å². The van der Waals surface area contributed by atoms with Crippen molar-refractivity contribution in [1.82, 2.24) is 9.21 Å². The van der Waals surface area contributed by atoms with Crippen LogP contribution in [0.2, 0.25) is 5.02 Å². The van der Waals surface area contributed by atoms with E-state index in [1.54, 1.807) is 23.1 Å². The molecule has 1 aromatic heterocycles. The number of rotatable bonds is 4. The van der Waals surface area contributed by atoms with E-state index in [4.69, 9.17) is 11.6 Å². The molecule has 2 aromatic carbocycles. The number of fused-ring (bicyclic) bond motifs is 1. The van der Waals surface area contributed by atoms with Crippen molar-refractivity contribution >= 4 is 54.6 Å². The molecular formula is C23H24ClN3O5S2. The minimum atomic E-state index is -3.67. The highest BCUT2D eigenvalue weighted by Crippen LogP contribution is 2.38. The molecule has 0 N–H and O–H groups in total. The molecule has 1 amide bonds. The van der Waals surface area contributed by atoms with Gasteiger partial charge in [0.25, 0.3) is 11.6 Å². The van der Waals surface area contributed by atoms with Gasteiger partial charge in [-0.2, -0.15) is 4.31 Å². The molecule has 1 fully saturated rings. The molecule has 34 heavy (non-hydrogen) atoms. The predicted molar refractivity (Wildman–Crippen MR) is 133 cm³/mol. The van der Waals surface area contributed by atoms with Crippen molar-refractivity contribution in [2.45, 2.75) is 31.1 Å². The van der Waals surface area contributed by atoms with Crippen LogP contribution in [0.15, 0.2) is 47.4 Å². The molecule has 8 nitrogen and oxygen atoms in total. The number of nitro groups is 1. The zero-order valence-corrected chi connectivity index (χ0v) is 21.3. The predicted octanol–water partition coefficient (Wildman–Crippen LogP) is 4.91. The highest BCUT2D eigenvalue weighted by atomic mass is 35.5. The second kappa shape index (κ2) is 8.92. The van der Waals surface area contributed by atoms with Crippen LogP contribution < -0.4 is 0 Å². The number of hydrogen-bond acceptors (Lipinski definition) is 6. The van der Waals surface area contributed by atoms with Gasteiger partial charge in [0.15, 0.2) is 0 Å². The number of nitro benzene ring substituents is 1. The first kappa shape index (κ1) is 24.6. The van der Waals surface area contributed by atoms with Crippen LogP contribution in [-0.4, -0.2) is 54.6 Å². The SMILES string of the molecule is CC(C)(C)c1ccc(S(=O)(=O)N2CCN(C(=O)c3sc4cc([N+](=O)[O-])ccc4c3Cl)CC2)cc1. The lowest BCUT2D eigenvalue weighted by molar-refractivity contribution is -0.384. The summed E-state index contributed by atoms with van der Waals surface area (Å²) in [6.45, 7) is 6.99. The Morgan fingerprint density at radius 3 is 2.24 bits per heavy atom. The van der Waals surface area contributed by atoms with Gasteiger partial charge in [-0.15, -0.1) is 11.3 Å². The van der Waals surface area contributed by atoms with E-state index in [-0.39, 0.29) is 53.1 Å². The summed E-state index contributed by atoms with van der Waals surface area (Å²) in [6.07, 6.45) is 0. The van der Waals surface area contributed by atoms with Gasteiger partial charge in [-0.1, -0.05) is 44.5 Å². The quantitative estimate of drug-likeness (QED) is 0.359. The third-order valence-corrected chi connectivity index (χ3v) is 9.46. The Bertz CT molecular complexity index is 1370. The molecule has 4 rings (SSSR count). The fraction of sp³-hybridized carbons (Fsp3) is 0.348. The van der Waals surface area contributed by atoms with Crippen molar-refractivity contribution in [2.75, 3.05) is 26.2 Å². The fourth-order valence-electron chi connectivity index (χ4n) is 3.86. The van der Waals surface area contributed by atoms with E-state index in [1.165, 1.54) is 16.4 Å². The largest absolute Gasteiger partial charge is 0.335 e. The van der Waals surface area contributed by atoms with Gasteiger partial charge in [-0.05, 0) is 29.2 Å². The van der Waals surface area contributed by atoms with E-state index in [2.05, 4.69) is 20.8 Å². The molecule has 11 heteroatoms. The van der Waals surface area contributed by atoms with Crippen molar-refractivity contribution in [3.8, 4) is 0 Å². The summed E-state index contributed by atoms with van der Waals surface area (Å²) in [6, 6.07) is 11.2. The second-order valence-corrected chi connectivity index (χ2v) is 12.5. The Morgan fingerprint density at radius 2 is 1.68 bits per heavy atom. The van der Waals surface area contributed by atoms with E-state index < -0.39 is 14.9 Å². The van der Waals surface area contributed by atoms with Gasteiger partial charge >= 0.3 is 0 Å². The zero-order chi connectivity index (χ0) is 24.8. The van der Waals surface area contributed by atoms with Crippen molar-refractivity contribution in [3.63, 3.8) is 0 Å². The first-order valence-corrected chi connectivity index (χ1v) is 13.3. The van der Waals surface area contributed by atoms with Crippen LogP contribution in [0.3, 0.4) is 0 Å². The lowest BCUT2D eigenvalue weighted by Gasteiger charge is -2.34. The maximum atomic E-state index is 13.1. The molecule has 180 valence electrons. The summed E-state index contributed by atoms with van der Waals surface area (Å²) in [5.41, 5.74) is 0.902. The maximum Gasteiger partial charge on any atom is 0.270 e. The minimum absolute atomic E-state index is 0.0706. The average molecular weight is 522 g/mol. The van der Waals surface area contributed by atoms with Crippen LogP contribution in [0.25, 0.3) is 10.1 Å². The summed E-state index contributed by atoms with van der Waals surface area (Å²) >= 11 is 7.52. The Morgan fingerprint density at radius 1 is 1.06 bits per heavy atom. The maximum absolute atomic E-state index is 13.1. The summed E-state index contributed by atoms with van der Waals surface area (Å²) in [4.78, 5) is 25.8. The van der Waals surface area contributed by atoms with E-state index in [1.807, 2.05) is 12.1 Å². The van der Waals surface area contributed by atoms with Crippen LogP contribution >= 0.6 is 22.9 Å². The number of carbonyl (C=O) groups excluding carboxylic acids is 1. The van der Waals surface area contributed by atoms with Crippen LogP contribution in [0.5, 0.6) is 0 Å². The summed E-state index contributed by atoms with van der Waals surface area (Å²) < 4.78 is 28.1. The average Bonchev–Trinajstić information content (AvgIpc) is 3.14. The van der Waals surface area contributed by atoms with Crippen LogP contribution in [0.1, 0.15) is 36.0 Å². The van der Waals surface area contributed by atoms with E-state index in [0.717, 1.165) is 16.9 Å². The monoisotopic (exact) mass is 521 g/mol. The Labute approximate surface area is 206 Å². The molecular weight excluding hydrogens is 498 g/mol. The van der Waals surface area contributed by atoms with Crippen molar-refractivity contribution in [1.29, 1.82) is 0 Å². The number of hydrogen-bond donors (Lipinski definition) is 0. The van der Waals surface area contributed by atoms with Crippen molar-refractivity contribution in [3.05, 3.63) is 68.0 Å². The van der Waals surface area contributed by atoms with Gasteiger partial charge in [0.1, 0.15) is 4.88 Å². The van der Waals surface area contributed by atoms with Gasteiger partial charge in [0.2, 0.25) is 10.0 Å². The standard InChI is InChI=1S/C23H24ClN3O5S2/c1-23(2,3)15-4-7-17(8-5-15)34(31,32)26-12-10-25(11-13-26)22(28)21-20(24)18-9-6-16(27(29)30)14-19(18)33-21/h4-9,14H,10-13H2,1-3H3. The van der Waals surface area contributed by atoms with Crippen LogP contribution in [0, 0.1) is 10.1 Å². The molecule has 1 saturated heterocycles. The van der Waals surface area contributed by atoms with Gasteiger partial charge in [-0.3, -0.25) is 14.9 Å². The zero-order valence-electron chi connectivity index (χ0n) is 18.9. The summed E-state index contributed by atoms with van der Waals surface area (Å²) in [5, 5.41) is 11.9. The molecule has 0 unspecified atom stereocenters. The summed E-state index contributed by atoms with van der Waals surface area (Å²) in [5.74, 6) is -0.305. The number of thiophene rings is 1. The number of sulfonamides is 1. The highest BCUT2D eigenvalue weighted by Gasteiger charge is 2.32. The second-order valence-electron chi connectivity index (χ2n) is 9.15. The molecule has 0 atom stereocenters. The molecule has 3 aromatic rings. The third-order valence-electron chi connectivity index (χ3n) is 5.90. The van der Waals surface area contributed by atoms with E-state index in [0.29, 0.717) is 15.0 Å². The van der Waals surface area contributed by atoms with Gasteiger partial charge in [-0.25, -0.2) is 8.42 Å². The number of halogens is 1. The molecule has 0 aliphatic carbocycles. The van der Waals surface area contributed by atoms with Crippen molar-refractivity contribution in [2.24, 2.45) is 0 Å². The lowest BCUT2D eigenvalue weighted by Crippen LogP contribution is -2.50. The van der Waals surface area contributed by atoms with Gasteiger partial charge < -0.3 is 4.90 Å². The van der Waals surface area contributed by atoms with Gasteiger partial charge in [0, 0.05) is 48.4 Å². The lowest BCUT2D eigenvalue weighted by atomic mass is 9.87. The number of non-ortho nitro benzene ring substituents is 1. The molecule has 0 radical (unpaired) electrons. The molecule has 1 aliphatic heterocycles. The number of carbonyl (C=O) groups is 1. The van der Waals surface area contributed by atoms with Crippen molar-refractivity contribution < 1.29 is 18.1 Å². The van der Waals surface area contributed by atoms with E-state index in [9.17, 15) is 23.3 Å². The molecule has 1 aliphatic rings. The normalized spacial score (nSPS) is 15.6. The number of amides is 1. The molecule has 0 bridgehead atoms. The van der Waals surface area contributed by atoms with E-state index >= 15 is 0 Å². The number of benzene rings is 2. The Kier molecular flexibility index (Phi) is 6.45. The van der Waals surface area contributed by atoms with Gasteiger partial charge in [0.05, 0.1) is 14.8 Å². The highest BCUT2D eigenvalue weighted by molar-refractivity contribution is 7.89. The number of nitrogens with zero attached hydrogens (tertiary/aromatic N) is 3. The summed E-state index contributed by atoms with van der Waals surface area (Å²) in [7, 11) is -3.67. The smallest absolute Gasteiger partial charge is 0.270 e. The Balaban J connectivity index is 1.48. The molecule has 0 spiro atoms. The fourth-order valence-corrected chi connectivity index (χ4v) is 6.79. The first-order chi connectivity index (χ1) is 15.9. The Hall–Kier alpha value is -2.53. The number of piperazine rings is 1. The molecule has 2 heterocycles. The minimum Gasteiger partial charge on any atom is -0.335 e. The first-order valence-electron chi connectivity index (χ1n) is 10.7. The van der Waals surface area contributed by atoms with Crippen LogP contribution in [-0.2, 0) is 15.4 Å². The van der Waals surface area contributed by atoms with Crippen LogP contribution in [0.4, 0.5) is 5.69 Å². The molecule has 0 saturated carbocycles.